The van der Waals surface area contributed by atoms with Crippen molar-refractivity contribution in [2.24, 2.45) is 0 Å². The lowest BCUT2D eigenvalue weighted by Gasteiger charge is -2.14. The molecule has 3 aromatic rings. The third kappa shape index (κ3) is 3.62. The normalized spacial score (nSPS) is 10.6. The molecule has 8 heteroatoms. The van der Waals surface area contributed by atoms with Crippen LogP contribution in [0.3, 0.4) is 0 Å². The molecule has 0 unspecified atom stereocenters. The summed E-state index contributed by atoms with van der Waals surface area (Å²) in [6.07, 6.45) is 6.87. The molecule has 7 nitrogen and oxygen atoms in total. The van der Waals surface area contributed by atoms with Crippen molar-refractivity contribution in [1.82, 2.24) is 19.5 Å². The van der Waals surface area contributed by atoms with Gasteiger partial charge in [-0.25, -0.2) is 9.97 Å². The van der Waals surface area contributed by atoms with Gasteiger partial charge in [-0.15, -0.1) is 12.3 Å². The van der Waals surface area contributed by atoms with E-state index in [0.717, 1.165) is 5.56 Å². The summed E-state index contributed by atoms with van der Waals surface area (Å²) in [6, 6.07) is 3.69. The molecule has 0 aliphatic rings. The highest BCUT2D eigenvalue weighted by molar-refractivity contribution is 5.70. The van der Waals surface area contributed by atoms with Gasteiger partial charge >= 0.3 is 6.08 Å². The first-order chi connectivity index (χ1) is 13.1. The molecule has 0 saturated heterocycles. The van der Waals surface area contributed by atoms with Crippen LogP contribution in [-0.4, -0.2) is 40.8 Å². The van der Waals surface area contributed by atoms with E-state index >= 15 is 0 Å². The molecule has 0 N–H and O–H groups in total. The second-order valence-corrected chi connectivity index (χ2v) is 5.69. The number of hydrogen-bond donors (Lipinski definition) is 0. The van der Waals surface area contributed by atoms with E-state index in [1.165, 1.54) is 6.20 Å². The maximum absolute atomic E-state index is 13.5. The first-order valence-electron chi connectivity index (χ1n) is 8.21. The van der Waals surface area contributed by atoms with Crippen LogP contribution in [0.1, 0.15) is 17.8 Å². The van der Waals surface area contributed by atoms with E-state index in [2.05, 4.69) is 20.9 Å². The summed E-state index contributed by atoms with van der Waals surface area (Å²) in [6.45, 7) is 0.475. The second-order valence-electron chi connectivity index (χ2n) is 5.69. The number of halogens is 1. The second kappa shape index (κ2) is 7.91. The van der Waals surface area contributed by atoms with Crippen LogP contribution in [0.15, 0.2) is 18.3 Å². The molecule has 0 saturated carbocycles. The van der Waals surface area contributed by atoms with Crippen molar-refractivity contribution in [2.45, 2.75) is 19.4 Å². The molecule has 1 aromatic carbocycles. The van der Waals surface area contributed by atoms with Gasteiger partial charge in [0, 0.05) is 19.4 Å². The van der Waals surface area contributed by atoms with Gasteiger partial charge < -0.3 is 18.8 Å². The van der Waals surface area contributed by atoms with Crippen molar-refractivity contribution < 1.29 is 18.6 Å². The number of nitrogens with zero attached hydrogens (tertiary/aromatic N) is 4. The van der Waals surface area contributed by atoms with Gasteiger partial charge in [-0.2, -0.15) is 9.37 Å². The number of aromatic nitrogens is 4. The van der Waals surface area contributed by atoms with E-state index in [0.29, 0.717) is 53.6 Å². The Bertz CT molecular complexity index is 985. The van der Waals surface area contributed by atoms with Crippen molar-refractivity contribution in [1.29, 1.82) is 0 Å². The summed E-state index contributed by atoms with van der Waals surface area (Å²) in [5.41, 5.74) is 1.81. The summed E-state index contributed by atoms with van der Waals surface area (Å²) >= 11 is 0. The lowest BCUT2D eigenvalue weighted by Crippen LogP contribution is -2.06. The molecule has 2 aromatic heterocycles. The van der Waals surface area contributed by atoms with Gasteiger partial charge in [0.1, 0.15) is 11.3 Å². The largest absolute Gasteiger partial charge is 0.493 e. The van der Waals surface area contributed by atoms with Crippen LogP contribution in [0, 0.1) is 18.4 Å². The predicted octanol–water partition coefficient (Wildman–Crippen LogP) is 2.61. The van der Waals surface area contributed by atoms with Crippen molar-refractivity contribution in [3.8, 4) is 29.6 Å². The number of benzene rings is 1. The minimum Gasteiger partial charge on any atom is -0.493 e. The van der Waals surface area contributed by atoms with Gasteiger partial charge in [-0.1, -0.05) is 0 Å². The zero-order chi connectivity index (χ0) is 19.4. The van der Waals surface area contributed by atoms with Crippen LogP contribution in [0.25, 0.3) is 11.2 Å². The highest BCUT2D eigenvalue weighted by Gasteiger charge is 2.17. The SMILES string of the molecule is C#CCCn1c(Cc2cc(OC)c(OC)c(OC)c2)nc2cnc(F)nc21. The van der Waals surface area contributed by atoms with Gasteiger partial charge in [-0.3, -0.25) is 0 Å². The number of rotatable bonds is 7. The lowest BCUT2D eigenvalue weighted by molar-refractivity contribution is 0.324. The molecule has 0 aliphatic carbocycles. The number of aryl methyl sites for hydroxylation is 1. The Morgan fingerprint density at radius 2 is 1.81 bits per heavy atom. The Hall–Kier alpha value is -3.34. The maximum atomic E-state index is 13.5. The minimum atomic E-state index is -0.802. The van der Waals surface area contributed by atoms with Crippen LogP contribution in [0.2, 0.25) is 0 Å². The van der Waals surface area contributed by atoms with Crippen molar-refractivity contribution in [3.05, 3.63) is 35.8 Å². The van der Waals surface area contributed by atoms with Crippen LogP contribution in [0.5, 0.6) is 17.2 Å². The summed E-state index contributed by atoms with van der Waals surface area (Å²) in [5.74, 6) is 4.88. The summed E-state index contributed by atoms with van der Waals surface area (Å²) < 4.78 is 31.5. The van der Waals surface area contributed by atoms with E-state index in [-0.39, 0.29) is 0 Å². The summed E-state index contributed by atoms with van der Waals surface area (Å²) in [7, 11) is 4.66. The Morgan fingerprint density at radius 1 is 1.11 bits per heavy atom. The molecule has 0 spiro atoms. The molecule has 0 atom stereocenters. The Morgan fingerprint density at radius 3 is 2.41 bits per heavy atom. The highest BCUT2D eigenvalue weighted by atomic mass is 19.1. The molecule has 27 heavy (non-hydrogen) atoms. The third-order valence-electron chi connectivity index (χ3n) is 4.10. The fourth-order valence-electron chi connectivity index (χ4n) is 2.91. The summed E-state index contributed by atoms with van der Waals surface area (Å²) in [4.78, 5) is 12.0. The number of hydrogen-bond acceptors (Lipinski definition) is 6. The van der Waals surface area contributed by atoms with E-state index in [1.807, 2.05) is 16.7 Å². The van der Waals surface area contributed by atoms with E-state index < -0.39 is 6.08 Å². The molecule has 0 bridgehead atoms. The molecule has 0 aliphatic heterocycles. The monoisotopic (exact) mass is 370 g/mol. The molecular formula is C19H19FN4O3. The number of imidazole rings is 1. The predicted molar refractivity (Wildman–Crippen MR) is 97.6 cm³/mol. The van der Waals surface area contributed by atoms with Gasteiger partial charge in [0.25, 0.3) is 0 Å². The molecule has 3 rings (SSSR count). The Labute approximate surface area is 156 Å². The highest BCUT2D eigenvalue weighted by Crippen LogP contribution is 2.38. The summed E-state index contributed by atoms with van der Waals surface area (Å²) in [5, 5.41) is 0. The van der Waals surface area contributed by atoms with Crippen LogP contribution < -0.4 is 14.2 Å². The number of methoxy groups -OCH3 is 3. The topological polar surface area (TPSA) is 71.3 Å². The molecule has 2 heterocycles. The number of ether oxygens (including phenoxy) is 3. The van der Waals surface area contributed by atoms with Crippen LogP contribution in [-0.2, 0) is 13.0 Å². The molecule has 0 radical (unpaired) electrons. The van der Waals surface area contributed by atoms with Crippen molar-refractivity contribution in [3.63, 3.8) is 0 Å². The average molecular weight is 370 g/mol. The van der Waals surface area contributed by atoms with Crippen molar-refractivity contribution in [2.75, 3.05) is 21.3 Å². The molecule has 0 amide bonds. The van der Waals surface area contributed by atoms with Crippen molar-refractivity contribution >= 4 is 11.2 Å². The number of fused-ring (bicyclic) bond motifs is 1. The Balaban J connectivity index is 2.07. The first-order valence-corrected chi connectivity index (χ1v) is 8.21. The lowest BCUT2D eigenvalue weighted by atomic mass is 10.1. The maximum Gasteiger partial charge on any atom is 0.310 e. The smallest absolute Gasteiger partial charge is 0.310 e. The van der Waals surface area contributed by atoms with Gasteiger partial charge in [0.05, 0.1) is 27.5 Å². The van der Waals surface area contributed by atoms with E-state index in [9.17, 15) is 4.39 Å². The fraction of sp³-hybridized carbons (Fsp3) is 0.316. The Kier molecular flexibility index (Phi) is 5.41. The van der Waals surface area contributed by atoms with E-state index in [4.69, 9.17) is 20.6 Å². The zero-order valence-electron chi connectivity index (χ0n) is 15.3. The molecule has 140 valence electrons. The quantitative estimate of drug-likeness (QED) is 0.470. The van der Waals surface area contributed by atoms with Crippen LogP contribution >= 0.6 is 0 Å². The van der Waals surface area contributed by atoms with Gasteiger partial charge in [-0.05, 0) is 17.7 Å². The van der Waals surface area contributed by atoms with Crippen LogP contribution in [0.4, 0.5) is 4.39 Å². The molecular weight excluding hydrogens is 351 g/mol. The average Bonchev–Trinajstić information content (AvgIpc) is 3.01. The molecule has 0 fully saturated rings. The minimum absolute atomic E-state index is 0.417. The number of terminal acetylenes is 1. The fourth-order valence-corrected chi connectivity index (χ4v) is 2.91. The van der Waals surface area contributed by atoms with E-state index in [1.54, 1.807) is 21.3 Å². The first kappa shape index (κ1) is 18.5. The van der Waals surface area contributed by atoms with Gasteiger partial charge in [0.2, 0.25) is 5.75 Å². The zero-order valence-corrected chi connectivity index (χ0v) is 15.3. The van der Waals surface area contributed by atoms with Gasteiger partial charge in [0.15, 0.2) is 17.1 Å². The third-order valence-corrected chi connectivity index (χ3v) is 4.10. The standard InChI is InChI=1S/C19H19FN4O3/c1-5-6-7-24-16(22-13-11-21-19(20)23-18(13)24)10-12-8-14(25-2)17(27-4)15(9-12)26-3/h1,8-9,11H,6-7,10H2,2-4H3.